The Balaban J connectivity index is 1.64. The maximum Gasteiger partial charge on any atom is 0.270 e. The number of thioether (sulfide) groups is 1. The van der Waals surface area contributed by atoms with E-state index in [9.17, 15) is 18.0 Å². The minimum atomic E-state index is -4.00. The summed E-state index contributed by atoms with van der Waals surface area (Å²) in [4.78, 5) is 30.6. The van der Waals surface area contributed by atoms with Gasteiger partial charge in [-0.3, -0.25) is 9.59 Å². The van der Waals surface area contributed by atoms with Crippen molar-refractivity contribution in [2.24, 2.45) is 0 Å². The fourth-order valence-corrected chi connectivity index (χ4v) is 4.66. The van der Waals surface area contributed by atoms with Crippen LogP contribution < -0.4 is 15.6 Å². The molecule has 1 heterocycles. The van der Waals surface area contributed by atoms with Crippen molar-refractivity contribution in [1.29, 1.82) is 0 Å². The van der Waals surface area contributed by atoms with Gasteiger partial charge in [-0.1, -0.05) is 30.8 Å². The fourth-order valence-electron chi connectivity index (χ4n) is 2.80. The van der Waals surface area contributed by atoms with Gasteiger partial charge in [-0.25, -0.2) is 13.4 Å². The predicted octanol–water partition coefficient (Wildman–Crippen LogP) is 3.29. The van der Waals surface area contributed by atoms with Crippen molar-refractivity contribution < 1.29 is 17.9 Å². The number of nitrogens with one attached hydrogen (secondary N) is 2. The lowest BCUT2D eigenvalue weighted by Gasteiger charge is -2.07. The van der Waals surface area contributed by atoms with Crippen LogP contribution in [-0.2, 0) is 21.1 Å². The van der Waals surface area contributed by atoms with E-state index in [4.69, 9.17) is 4.74 Å². The van der Waals surface area contributed by atoms with E-state index in [1.807, 2.05) is 13.8 Å². The van der Waals surface area contributed by atoms with Crippen LogP contribution in [0.2, 0.25) is 0 Å². The highest BCUT2D eigenvalue weighted by molar-refractivity contribution is 7.99. The van der Waals surface area contributed by atoms with Gasteiger partial charge in [0.2, 0.25) is 15.7 Å². The van der Waals surface area contributed by atoms with Crippen LogP contribution in [0.1, 0.15) is 19.4 Å². The minimum absolute atomic E-state index is 0.0132. The van der Waals surface area contributed by atoms with Gasteiger partial charge >= 0.3 is 0 Å². The summed E-state index contributed by atoms with van der Waals surface area (Å²) in [5.41, 5.74) is 0.816. The van der Waals surface area contributed by atoms with Crippen molar-refractivity contribution in [2.45, 2.75) is 35.2 Å². The normalized spacial score (nSPS) is 11.2. The van der Waals surface area contributed by atoms with Crippen LogP contribution in [0.15, 0.2) is 74.5 Å². The number of aryl methyl sites for hydroxylation is 1. The number of carbonyl (C=O) groups excluding carboxylic acids is 1. The number of aromatic amines is 1. The summed E-state index contributed by atoms with van der Waals surface area (Å²) >= 11 is 0.995. The zero-order valence-corrected chi connectivity index (χ0v) is 19.3. The molecular formula is C22H23N3O5S2. The molecule has 2 aromatic carbocycles. The van der Waals surface area contributed by atoms with Crippen LogP contribution >= 0.6 is 11.8 Å². The molecule has 0 saturated heterocycles. The van der Waals surface area contributed by atoms with Crippen molar-refractivity contribution in [1.82, 2.24) is 9.97 Å². The van der Waals surface area contributed by atoms with Gasteiger partial charge in [0, 0.05) is 5.69 Å². The molecule has 1 amide bonds. The van der Waals surface area contributed by atoms with Gasteiger partial charge in [0.1, 0.15) is 5.75 Å². The number of anilines is 1. The highest BCUT2D eigenvalue weighted by atomic mass is 32.2. The molecule has 32 heavy (non-hydrogen) atoms. The standard InChI is InChI=1S/C22H23N3O5S2/c1-3-15-5-11-18(12-6-15)32(28,29)19-13-23-22(25-21(19)27)31-14-20(26)24-16-7-9-17(10-8-16)30-4-2/h5-13H,3-4,14H2,1-2H3,(H,24,26)(H,23,25,27). The highest BCUT2D eigenvalue weighted by Gasteiger charge is 2.22. The second-order valence-corrected chi connectivity index (χ2v) is 9.56. The lowest BCUT2D eigenvalue weighted by Crippen LogP contribution is -2.20. The number of hydrogen-bond acceptors (Lipinski definition) is 7. The lowest BCUT2D eigenvalue weighted by molar-refractivity contribution is -0.113. The third-order valence-corrected chi connectivity index (χ3v) is 7.11. The van der Waals surface area contributed by atoms with E-state index in [1.54, 1.807) is 36.4 Å². The highest BCUT2D eigenvalue weighted by Crippen LogP contribution is 2.20. The first-order valence-corrected chi connectivity index (χ1v) is 12.4. The summed E-state index contributed by atoms with van der Waals surface area (Å²) < 4.78 is 30.9. The monoisotopic (exact) mass is 473 g/mol. The SMILES string of the molecule is CCOc1ccc(NC(=O)CSc2ncc(S(=O)(=O)c3ccc(CC)cc3)c(=O)[nH]2)cc1. The summed E-state index contributed by atoms with van der Waals surface area (Å²) in [5, 5.41) is 2.88. The Labute approximate surface area is 190 Å². The molecule has 0 aliphatic rings. The number of sulfone groups is 1. The average Bonchev–Trinajstić information content (AvgIpc) is 2.79. The Bertz CT molecular complexity index is 1240. The number of carbonyl (C=O) groups is 1. The zero-order chi connectivity index (χ0) is 23.1. The van der Waals surface area contributed by atoms with Crippen molar-refractivity contribution in [2.75, 3.05) is 17.7 Å². The van der Waals surface area contributed by atoms with Crippen LogP contribution in [0.3, 0.4) is 0 Å². The molecule has 1 aromatic heterocycles. The van der Waals surface area contributed by atoms with E-state index >= 15 is 0 Å². The second-order valence-electron chi connectivity index (χ2n) is 6.68. The molecule has 0 aliphatic carbocycles. The zero-order valence-electron chi connectivity index (χ0n) is 17.6. The number of benzene rings is 2. The summed E-state index contributed by atoms with van der Waals surface area (Å²) in [5.74, 6) is 0.397. The molecule has 10 heteroatoms. The van der Waals surface area contributed by atoms with E-state index in [1.165, 1.54) is 12.1 Å². The Hall–Kier alpha value is -3.11. The molecule has 0 fully saturated rings. The first-order chi connectivity index (χ1) is 15.3. The van der Waals surface area contributed by atoms with Crippen LogP contribution in [0.5, 0.6) is 5.75 Å². The van der Waals surface area contributed by atoms with Crippen LogP contribution in [0.4, 0.5) is 5.69 Å². The molecule has 0 aliphatic heterocycles. The molecule has 0 atom stereocenters. The smallest absolute Gasteiger partial charge is 0.270 e. The summed E-state index contributed by atoms with van der Waals surface area (Å²) in [6.45, 7) is 4.41. The lowest BCUT2D eigenvalue weighted by atomic mass is 10.2. The number of H-pyrrole nitrogens is 1. The number of rotatable bonds is 9. The van der Waals surface area contributed by atoms with E-state index < -0.39 is 20.3 Å². The van der Waals surface area contributed by atoms with E-state index in [-0.39, 0.29) is 21.7 Å². The molecule has 168 valence electrons. The van der Waals surface area contributed by atoms with Crippen LogP contribution in [-0.4, -0.2) is 36.7 Å². The maximum atomic E-state index is 12.8. The van der Waals surface area contributed by atoms with E-state index in [2.05, 4.69) is 15.3 Å². The van der Waals surface area contributed by atoms with Crippen molar-refractivity contribution in [3.8, 4) is 5.75 Å². The molecule has 0 spiro atoms. The van der Waals surface area contributed by atoms with Crippen molar-refractivity contribution >= 4 is 33.2 Å². The first-order valence-electron chi connectivity index (χ1n) is 9.92. The predicted molar refractivity (Wildman–Crippen MR) is 123 cm³/mol. The third-order valence-electron chi connectivity index (χ3n) is 4.46. The Morgan fingerprint density at radius 3 is 2.38 bits per heavy atom. The Morgan fingerprint density at radius 2 is 1.78 bits per heavy atom. The van der Waals surface area contributed by atoms with Crippen LogP contribution in [0, 0.1) is 0 Å². The van der Waals surface area contributed by atoms with E-state index in [0.29, 0.717) is 18.0 Å². The molecule has 8 nitrogen and oxygen atoms in total. The molecule has 3 rings (SSSR count). The number of nitrogens with zero attached hydrogens (tertiary/aromatic N) is 1. The van der Waals surface area contributed by atoms with Gasteiger partial charge in [0.25, 0.3) is 5.56 Å². The van der Waals surface area contributed by atoms with Gasteiger partial charge in [-0.2, -0.15) is 0 Å². The first kappa shape index (κ1) is 23.6. The number of amides is 1. The summed E-state index contributed by atoms with van der Waals surface area (Å²) in [6, 6.07) is 13.3. The summed E-state index contributed by atoms with van der Waals surface area (Å²) in [7, 11) is -4.00. The van der Waals surface area contributed by atoms with Crippen molar-refractivity contribution in [3.05, 3.63) is 70.6 Å². The second kappa shape index (κ2) is 10.5. The average molecular weight is 474 g/mol. The van der Waals surface area contributed by atoms with Gasteiger partial charge < -0.3 is 15.0 Å². The molecule has 0 saturated carbocycles. The van der Waals surface area contributed by atoms with Gasteiger partial charge in [-0.05, 0) is 55.3 Å². The molecular weight excluding hydrogens is 450 g/mol. The topological polar surface area (TPSA) is 118 Å². The largest absolute Gasteiger partial charge is 0.494 e. The Morgan fingerprint density at radius 1 is 1.09 bits per heavy atom. The molecule has 0 bridgehead atoms. The number of aromatic nitrogens is 2. The van der Waals surface area contributed by atoms with Crippen LogP contribution in [0.25, 0.3) is 0 Å². The molecule has 0 radical (unpaired) electrons. The van der Waals surface area contributed by atoms with Gasteiger partial charge in [0.05, 0.1) is 23.5 Å². The van der Waals surface area contributed by atoms with E-state index in [0.717, 1.165) is 29.9 Å². The molecule has 0 unspecified atom stereocenters. The third kappa shape index (κ3) is 5.77. The van der Waals surface area contributed by atoms with Gasteiger partial charge in [-0.15, -0.1) is 0 Å². The summed E-state index contributed by atoms with van der Waals surface area (Å²) in [6.07, 6.45) is 1.80. The minimum Gasteiger partial charge on any atom is -0.494 e. The number of ether oxygens (including phenoxy) is 1. The molecule has 2 N–H and O–H groups in total. The number of hydrogen-bond donors (Lipinski definition) is 2. The van der Waals surface area contributed by atoms with Gasteiger partial charge in [0.15, 0.2) is 10.1 Å². The van der Waals surface area contributed by atoms with Crippen molar-refractivity contribution in [3.63, 3.8) is 0 Å². The fraction of sp³-hybridized carbons (Fsp3) is 0.227. The molecule has 3 aromatic rings. The quantitative estimate of drug-likeness (QED) is 0.362. The maximum absolute atomic E-state index is 12.8. The Kier molecular flexibility index (Phi) is 7.70.